The van der Waals surface area contributed by atoms with E-state index in [0.717, 1.165) is 48.9 Å². The van der Waals surface area contributed by atoms with E-state index >= 15 is 0 Å². The summed E-state index contributed by atoms with van der Waals surface area (Å²) in [6.45, 7) is 10.7. The predicted octanol–water partition coefficient (Wildman–Crippen LogP) is 10.7. The normalized spacial score (nSPS) is 33.9. The highest BCUT2D eigenvalue weighted by molar-refractivity contribution is 5.76. The molecule has 5 heteroatoms. The third kappa shape index (κ3) is 11.5. The van der Waals surface area contributed by atoms with Crippen LogP contribution in [0.5, 0.6) is 0 Å². The molecule has 5 nitrogen and oxygen atoms in total. The summed E-state index contributed by atoms with van der Waals surface area (Å²) in [6, 6.07) is 0.398. The van der Waals surface area contributed by atoms with Crippen LogP contribution in [0.3, 0.4) is 0 Å². The molecule has 4 saturated carbocycles. The molecule has 4 N–H and O–H groups in total. The van der Waals surface area contributed by atoms with Crippen LogP contribution in [0.1, 0.15) is 188 Å². The SMILES string of the molecule is CCCCCCCCC=CCCCCCCCC(=O)NC1CCC2(C)C(CCC3C2CCC2(C)C(C(C)CCC(O)CNNC)CCC32)C1. The minimum Gasteiger partial charge on any atom is -0.392 e. The molecular weight excluding hydrogens is 603 g/mol. The van der Waals surface area contributed by atoms with Gasteiger partial charge >= 0.3 is 0 Å². The molecule has 284 valence electrons. The molecule has 4 rings (SSSR count). The van der Waals surface area contributed by atoms with Gasteiger partial charge in [0.15, 0.2) is 0 Å². The second-order valence-corrected chi connectivity index (χ2v) is 18.1. The van der Waals surface area contributed by atoms with Gasteiger partial charge in [0.05, 0.1) is 6.10 Å². The van der Waals surface area contributed by atoms with Gasteiger partial charge in [0, 0.05) is 19.0 Å². The molecule has 0 aromatic rings. The van der Waals surface area contributed by atoms with E-state index in [1.165, 1.54) is 135 Å². The molecule has 10 unspecified atom stereocenters. The number of fused-ring (bicyclic) bond motifs is 5. The highest BCUT2D eigenvalue weighted by Gasteiger charge is 2.60. The summed E-state index contributed by atoms with van der Waals surface area (Å²) in [5.41, 5.74) is 6.95. The van der Waals surface area contributed by atoms with Crippen LogP contribution in [0.4, 0.5) is 0 Å². The molecular formula is C44H81N3O2. The number of hydrazine groups is 1. The van der Waals surface area contributed by atoms with Crippen LogP contribution < -0.4 is 16.2 Å². The zero-order chi connectivity index (χ0) is 35.1. The molecule has 4 fully saturated rings. The highest BCUT2D eigenvalue weighted by atomic mass is 16.3. The largest absolute Gasteiger partial charge is 0.392 e. The van der Waals surface area contributed by atoms with E-state index < -0.39 is 0 Å². The van der Waals surface area contributed by atoms with Gasteiger partial charge in [-0.2, -0.15) is 0 Å². The van der Waals surface area contributed by atoms with Crippen LogP contribution in [-0.2, 0) is 4.79 Å². The first kappa shape index (κ1) is 40.9. The molecule has 0 aromatic carbocycles. The smallest absolute Gasteiger partial charge is 0.220 e. The Morgan fingerprint density at radius 3 is 2.16 bits per heavy atom. The topological polar surface area (TPSA) is 73.4 Å². The Kier molecular flexibility index (Phi) is 17.5. The summed E-state index contributed by atoms with van der Waals surface area (Å²) in [7, 11) is 1.87. The maximum atomic E-state index is 12.9. The van der Waals surface area contributed by atoms with Gasteiger partial charge in [0.25, 0.3) is 0 Å². The Bertz CT molecular complexity index is 970. The molecule has 0 saturated heterocycles. The number of rotatable bonds is 23. The number of aliphatic hydroxyl groups is 1. The monoisotopic (exact) mass is 684 g/mol. The fraction of sp³-hybridized carbons (Fsp3) is 0.932. The third-order valence-corrected chi connectivity index (χ3v) is 14.9. The molecule has 1 amide bonds. The lowest BCUT2D eigenvalue weighted by molar-refractivity contribution is -0.128. The lowest BCUT2D eigenvalue weighted by Gasteiger charge is -2.61. The van der Waals surface area contributed by atoms with Crippen molar-refractivity contribution in [1.82, 2.24) is 16.2 Å². The molecule has 10 atom stereocenters. The van der Waals surface area contributed by atoms with Crippen molar-refractivity contribution in [3.05, 3.63) is 12.2 Å². The second kappa shape index (κ2) is 21.0. The first-order valence-corrected chi connectivity index (χ1v) is 21.7. The summed E-state index contributed by atoms with van der Waals surface area (Å²) in [5, 5.41) is 13.9. The summed E-state index contributed by atoms with van der Waals surface area (Å²) in [4.78, 5) is 12.9. The van der Waals surface area contributed by atoms with E-state index in [0.29, 0.717) is 41.7 Å². The zero-order valence-electron chi connectivity index (χ0n) is 33.0. The van der Waals surface area contributed by atoms with Crippen molar-refractivity contribution in [3.63, 3.8) is 0 Å². The van der Waals surface area contributed by atoms with Crippen LogP contribution >= 0.6 is 0 Å². The molecule has 0 aliphatic heterocycles. The van der Waals surface area contributed by atoms with Gasteiger partial charge in [-0.1, -0.05) is 91.2 Å². The molecule has 0 radical (unpaired) electrons. The fourth-order valence-electron chi connectivity index (χ4n) is 12.0. The molecule has 0 bridgehead atoms. The van der Waals surface area contributed by atoms with Crippen LogP contribution in [0, 0.1) is 46.3 Å². The van der Waals surface area contributed by atoms with Crippen LogP contribution in [0.15, 0.2) is 12.2 Å². The minimum absolute atomic E-state index is 0.266. The summed E-state index contributed by atoms with van der Waals surface area (Å²) < 4.78 is 0. The Labute approximate surface area is 303 Å². The molecule has 0 spiro atoms. The summed E-state index contributed by atoms with van der Waals surface area (Å²) in [5.74, 6) is 5.24. The number of unbranched alkanes of at least 4 members (excludes halogenated alkanes) is 11. The molecule has 4 aliphatic rings. The van der Waals surface area contributed by atoms with Crippen molar-refractivity contribution in [2.75, 3.05) is 13.6 Å². The standard InChI is InChI=1S/C44H81N3O2/c1-6-7-8-9-10-11-12-13-14-15-16-17-18-19-20-21-42(49)47-36-28-30-43(3)35(32-36)23-25-38-40-27-26-39(44(40,4)31-29-41(38)43)34(2)22-24-37(48)33-46-45-5/h13-14,34-41,45-46,48H,6-12,15-33H2,1-5H3,(H,47,49). The maximum Gasteiger partial charge on any atom is 0.220 e. The molecule has 0 aromatic heterocycles. The first-order valence-electron chi connectivity index (χ1n) is 21.7. The number of hydrogen-bond acceptors (Lipinski definition) is 4. The number of carbonyl (C=O) groups is 1. The van der Waals surface area contributed by atoms with E-state index in [-0.39, 0.29) is 6.10 Å². The Morgan fingerprint density at radius 2 is 1.45 bits per heavy atom. The van der Waals surface area contributed by atoms with Gasteiger partial charge in [-0.15, -0.1) is 0 Å². The molecule has 49 heavy (non-hydrogen) atoms. The zero-order valence-corrected chi connectivity index (χ0v) is 33.0. The van der Waals surface area contributed by atoms with Crippen LogP contribution in [0.2, 0.25) is 0 Å². The van der Waals surface area contributed by atoms with Gasteiger partial charge in [-0.05, 0) is 156 Å². The molecule has 0 heterocycles. The Hall–Kier alpha value is -0.910. The van der Waals surface area contributed by atoms with Crippen LogP contribution in [0.25, 0.3) is 0 Å². The van der Waals surface area contributed by atoms with Gasteiger partial charge in [-0.3, -0.25) is 15.6 Å². The van der Waals surface area contributed by atoms with E-state index in [4.69, 9.17) is 0 Å². The van der Waals surface area contributed by atoms with E-state index in [2.05, 4.69) is 56.0 Å². The lowest BCUT2D eigenvalue weighted by Crippen LogP contribution is -2.55. The lowest BCUT2D eigenvalue weighted by atomic mass is 9.44. The summed E-state index contributed by atoms with van der Waals surface area (Å²) >= 11 is 0. The van der Waals surface area contributed by atoms with Gasteiger partial charge in [0.1, 0.15) is 0 Å². The number of hydrogen-bond donors (Lipinski definition) is 4. The van der Waals surface area contributed by atoms with Crippen molar-refractivity contribution in [1.29, 1.82) is 0 Å². The van der Waals surface area contributed by atoms with Crippen molar-refractivity contribution in [2.45, 2.75) is 200 Å². The number of allylic oxidation sites excluding steroid dienone is 2. The van der Waals surface area contributed by atoms with E-state index in [1.54, 1.807) is 0 Å². The van der Waals surface area contributed by atoms with Gasteiger partial charge < -0.3 is 10.4 Å². The van der Waals surface area contributed by atoms with Crippen molar-refractivity contribution >= 4 is 5.91 Å². The molecule has 4 aliphatic carbocycles. The Morgan fingerprint density at radius 1 is 0.796 bits per heavy atom. The second-order valence-electron chi connectivity index (χ2n) is 18.1. The Balaban J connectivity index is 1.10. The average Bonchev–Trinajstić information content (AvgIpc) is 3.45. The van der Waals surface area contributed by atoms with Crippen LogP contribution in [-0.4, -0.2) is 36.8 Å². The average molecular weight is 684 g/mol. The van der Waals surface area contributed by atoms with Crippen molar-refractivity contribution in [3.8, 4) is 0 Å². The fourth-order valence-corrected chi connectivity index (χ4v) is 12.0. The van der Waals surface area contributed by atoms with Crippen molar-refractivity contribution in [2.24, 2.45) is 46.3 Å². The quantitative estimate of drug-likeness (QED) is 0.0491. The summed E-state index contributed by atoms with van der Waals surface area (Å²) in [6.07, 6.45) is 36.3. The number of aliphatic hydroxyl groups excluding tert-OH is 1. The van der Waals surface area contributed by atoms with E-state index in [1.807, 2.05) is 7.05 Å². The van der Waals surface area contributed by atoms with Gasteiger partial charge in [0.2, 0.25) is 5.91 Å². The number of nitrogens with one attached hydrogen (secondary N) is 3. The highest BCUT2D eigenvalue weighted by Crippen LogP contribution is 2.68. The number of amides is 1. The maximum absolute atomic E-state index is 12.9. The predicted molar refractivity (Wildman–Crippen MR) is 208 cm³/mol. The first-order chi connectivity index (χ1) is 23.7. The van der Waals surface area contributed by atoms with Crippen molar-refractivity contribution < 1.29 is 9.90 Å². The third-order valence-electron chi connectivity index (χ3n) is 14.9. The number of carbonyl (C=O) groups excluding carboxylic acids is 1. The van der Waals surface area contributed by atoms with E-state index in [9.17, 15) is 9.90 Å². The van der Waals surface area contributed by atoms with Gasteiger partial charge in [-0.25, -0.2) is 0 Å². The minimum atomic E-state index is -0.266.